The van der Waals surface area contributed by atoms with Gasteiger partial charge in [-0.1, -0.05) is 30.3 Å². The van der Waals surface area contributed by atoms with Crippen molar-refractivity contribution in [2.75, 3.05) is 0 Å². The molecule has 1 aromatic carbocycles. The minimum atomic E-state index is -0.516. The van der Waals surface area contributed by atoms with E-state index in [0.29, 0.717) is 6.54 Å². The highest BCUT2D eigenvalue weighted by Gasteiger charge is 2.32. The van der Waals surface area contributed by atoms with Crippen molar-refractivity contribution in [2.24, 2.45) is 0 Å². The topological polar surface area (TPSA) is 48.0 Å². The molecule has 2 heterocycles. The Morgan fingerprint density at radius 3 is 2.50 bits per heavy atom. The lowest BCUT2D eigenvalue weighted by molar-refractivity contribution is -0.354. The largest absolute Gasteiger partial charge is 0.444 e. The van der Waals surface area contributed by atoms with Crippen LogP contribution in [0.1, 0.15) is 38.8 Å². The maximum Gasteiger partial charge on any atom is 0.411 e. The molecular weight excluding hydrogens is 306 g/mol. The lowest BCUT2D eigenvalue weighted by atomic mass is 9.94. The standard InChI is InChI=1S/C19H25NO4/c1-13-22-17(23-13)10-9-16-11-14-7-5-6-8-15(14)12-20(16)18(21)24-19(2,3)4/h5-10,13,16-17H,11-12H2,1-4H3/b10-9+. The van der Waals surface area contributed by atoms with E-state index in [4.69, 9.17) is 14.2 Å². The van der Waals surface area contributed by atoms with Crippen molar-refractivity contribution in [3.05, 3.63) is 47.5 Å². The van der Waals surface area contributed by atoms with Gasteiger partial charge in [0, 0.05) is 6.54 Å². The average Bonchev–Trinajstić information content (AvgIpc) is 2.47. The molecule has 1 atom stereocenters. The summed E-state index contributed by atoms with van der Waals surface area (Å²) in [6.45, 7) is 8.04. The Labute approximate surface area is 143 Å². The van der Waals surface area contributed by atoms with Gasteiger partial charge in [-0.05, 0) is 51.3 Å². The van der Waals surface area contributed by atoms with E-state index in [1.807, 2.05) is 52.0 Å². The molecule has 0 bridgehead atoms. The lowest BCUT2D eigenvalue weighted by Crippen LogP contribution is -2.46. The number of rotatable bonds is 2. The normalized spacial score (nSPS) is 26.8. The summed E-state index contributed by atoms with van der Waals surface area (Å²) in [5.74, 6) is 0. The predicted molar refractivity (Wildman–Crippen MR) is 90.3 cm³/mol. The summed E-state index contributed by atoms with van der Waals surface area (Å²) >= 11 is 0. The minimum absolute atomic E-state index is 0.0714. The van der Waals surface area contributed by atoms with Gasteiger partial charge < -0.3 is 14.2 Å². The zero-order valence-electron chi connectivity index (χ0n) is 14.7. The fourth-order valence-corrected chi connectivity index (χ4v) is 2.94. The lowest BCUT2D eigenvalue weighted by Gasteiger charge is -2.37. The van der Waals surface area contributed by atoms with Crippen molar-refractivity contribution in [3.63, 3.8) is 0 Å². The first-order chi connectivity index (χ1) is 11.3. The van der Waals surface area contributed by atoms with Crippen LogP contribution in [0.4, 0.5) is 4.79 Å². The number of ether oxygens (including phenoxy) is 3. The molecular formula is C19H25NO4. The van der Waals surface area contributed by atoms with Gasteiger partial charge in [0.1, 0.15) is 5.60 Å². The summed E-state index contributed by atoms with van der Waals surface area (Å²) in [5, 5.41) is 0. The zero-order valence-corrected chi connectivity index (χ0v) is 14.7. The molecule has 0 N–H and O–H groups in total. The van der Waals surface area contributed by atoms with Crippen LogP contribution in [0.3, 0.4) is 0 Å². The van der Waals surface area contributed by atoms with E-state index in [1.54, 1.807) is 4.90 Å². The molecule has 0 aromatic heterocycles. The van der Waals surface area contributed by atoms with Gasteiger partial charge >= 0.3 is 6.09 Å². The third kappa shape index (κ3) is 3.97. The van der Waals surface area contributed by atoms with Gasteiger partial charge in [0.2, 0.25) is 0 Å². The highest BCUT2D eigenvalue weighted by atomic mass is 16.9. The first kappa shape index (κ1) is 17.0. The molecule has 24 heavy (non-hydrogen) atoms. The highest BCUT2D eigenvalue weighted by Crippen LogP contribution is 2.27. The van der Waals surface area contributed by atoms with E-state index in [9.17, 15) is 4.79 Å². The summed E-state index contributed by atoms with van der Waals surface area (Å²) in [4.78, 5) is 14.4. The second-order valence-electron chi connectivity index (χ2n) is 7.24. The van der Waals surface area contributed by atoms with E-state index in [2.05, 4.69) is 12.1 Å². The number of amides is 1. The van der Waals surface area contributed by atoms with Crippen LogP contribution in [0.5, 0.6) is 0 Å². The number of hydrogen-bond acceptors (Lipinski definition) is 4. The molecule has 1 unspecified atom stereocenters. The number of carbonyl (C=O) groups excluding carboxylic acids is 1. The number of fused-ring (bicyclic) bond motifs is 1. The van der Waals surface area contributed by atoms with Crippen molar-refractivity contribution in [1.82, 2.24) is 4.90 Å². The Hall–Kier alpha value is -1.85. The molecule has 2 aliphatic heterocycles. The molecule has 1 fully saturated rings. The van der Waals surface area contributed by atoms with Crippen molar-refractivity contribution < 1.29 is 19.0 Å². The first-order valence-corrected chi connectivity index (χ1v) is 8.37. The van der Waals surface area contributed by atoms with Crippen LogP contribution in [0.2, 0.25) is 0 Å². The molecule has 3 rings (SSSR count). The Balaban J connectivity index is 1.78. The third-order valence-electron chi connectivity index (χ3n) is 4.06. The molecule has 1 aromatic rings. The third-order valence-corrected chi connectivity index (χ3v) is 4.06. The van der Waals surface area contributed by atoms with Crippen LogP contribution >= 0.6 is 0 Å². The fourth-order valence-electron chi connectivity index (χ4n) is 2.94. The Morgan fingerprint density at radius 1 is 1.21 bits per heavy atom. The monoisotopic (exact) mass is 331 g/mol. The van der Waals surface area contributed by atoms with Crippen molar-refractivity contribution in [3.8, 4) is 0 Å². The molecule has 130 valence electrons. The van der Waals surface area contributed by atoms with Gasteiger partial charge in [-0.15, -0.1) is 0 Å². The Morgan fingerprint density at radius 2 is 1.88 bits per heavy atom. The molecule has 2 aliphatic rings. The molecule has 0 spiro atoms. The van der Waals surface area contributed by atoms with E-state index >= 15 is 0 Å². The summed E-state index contributed by atoms with van der Waals surface area (Å²) in [6, 6.07) is 8.13. The number of carbonyl (C=O) groups is 1. The summed E-state index contributed by atoms with van der Waals surface area (Å²) < 4.78 is 16.4. The van der Waals surface area contributed by atoms with E-state index in [1.165, 1.54) is 5.56 Å². The SMILES string of the molecule is CC1OC(/C=C/C2Cc3ccccc3CN2C(=O)OC(C)(C)C)O1. The number of benzene rings is 1. The van der Waals surface area contributed by atoms with Crippen LogP contribution in [-0.4, -0.2) is 35.2 Å². The number of hydrogen-bond donors (Lipinski definition) is 0. The molecule has 0 radical (unpaired) electrons. The Kier molecular flexibility index (Phi) is 4.65. The van der Waals surface area contributed by atoms with Gasteiger partial charge in [0.15, 0.2) is 12.6 Å². The van der Waals surface area contributed by atoms with E-state index < -0.39 is 5.60 Å². The summed E-state index contributed by atoms with van der Waals surface area (Å²) in [7, 11) is 0. The molecule has 0 saturated carbocycles. The molecule has 1 saturated heterocycles. The molecule has 5 nitrogen and oxygen atoms in total. The van der Waals surface area contributed by atoms with E-state index in [-0.39, 0.29) is 24.7 Å². The minimum Gasteiger partial charge on any atom is -0.444 e. The maximum atomic E-state index is 12.6. The van der Waals surface area contributed by atoms with Gasteiger partial charge in [-0.25, -0.2) is 4.79 Å². The van der Waals surface area contributed by atoms with Crippen molar-refractivity contribution >= 4 is 6.09 Å². The van der Waals surface area contributed by atoms with Gasteiger partial charge in [-0.2, -0.15) is 0 Å². The predicted octanol–water partition coefficient (Wildman–Crippen LogP) is 3.62. The molecule has 1 amide bonds. The smallest absolute Gasteiger partial charge is 0.411 e. The van der Waals surface area contributed by atoms with Crippen molar-refractivity contribution in [2.45, 2.75) is 64.9 Å². The summed E-state index contributed by atoms with van der Waals surface area (Å²) in [5.41, 5.74) is 1.91. The van der Waals surface area contributed by atoms with Gasteiger partial charge in [0.05, 0.1) is 6.04 Å². The van der Waals surface area contributed by atoms with Crippen LogP contribution in [0, 0.1) is 0 Å². The second kappa shape index (κ2) is 6.57. The average molecular weight is 331 g/mol. The highest BCUT2D eigenvalue weighted by molar-refractivity contribution is 5.69. The fraction of sp³-hybridized carbons (Fsp3) is 0.526. The Bertz CT molecular complexity index is 628. The van der Waals surface area contributed by atoms with Crippen LogP contribution in [-0.2, 0) is 27.2 Å². The summed E-state index contributed by atoms with van der Waals surface area (Å²) in [6.07, 6.45) is 3.84. The maximum absolute atomic E-state index is 12.6. The van der Waals surface area contributed by atoms with Gasteiger partial charge in [-0.3, -0.25) is 4.90 Å². The molecule has 0 aliphatic carbocycles. The van der Waals surface area contributed by atoms with E-state index in [0.717, 1.165) is 12.0 Å². The zero-order chi connectivity index (χ0) is 17.3. The molecule has 5 heteroatoms. The van der Waals surface area contributed by atoms with Crippen LogP contribution in [0.15, 0.2) is 36.4 Å². The number of nitrogens with zero attached hydrogens (tertiary/aromatic N) is 1. The first-order valence-electron chi connectivity index (χ1n) is 8.37. The van der Waals surface area contributed by atoms with Crippen LogP contribution in [0.25, 0.3) is 0 Å². The quantitative estimate of drug-likeness (QED) is 0.777. The second-order valence-corrected chi connectivity index (χ2v) is 7.24. The van der Waals surface area contributed by atoms with Gasteiger partial charge in [0.25, 0.3) is 0 Å². The van der Waals surface area contributed by atoms with Crippen molar-refractivity contribution in [1.29, 1.82) is 0 Å². The van der Waals surface area contributed by atoms with Crippen LogP contribution < -0.4 is 0 Å².